The fourth-order valence-corrected chi connectivity index (χ4v) is 4.87. The van der Waals surface area contributed by atoms with Gasteiger partial charge in [-0.05, 0) is 30.0 Å². The summed E-state index contributed by atoms with van der Waals surface area (Å²) in [6.45, 7) is 5.92. The first kappa shape index (κ1) is 24.1. The maximum absolute atomic E-state index is 12.6. The van der Waals surface area contributed by atoms with Crippen LogP contribution in [0.3, 0.4) is 0 Å². The Labute approximate surface area is 187 Å². The number of carbonyl (C=O) groups is 1. The van der Waals surface area contributed by atoms with E-state index in [4.69, 9.17) is 0 Å². The molecule has 2 aromatic heterocycles. The molecular formula is C20H28Cl2N4O2S. The molecule has 2 aromatic rings. The lowest BCUT2D eigenvalue weighted by molar-refractivity contribution is 0.0887. The van der Waals surface area contributed by atoms with Crippen LogP contribution in [0.4, 0.5) is 0 Å². The van der Waals surface area contributed by atoms with E-state index in [1.165, 1.54) is 16.0 Å². The molecule has 6 nitrogen and oxygen atoms in total. The van der Waals surface area contributed by atoms with E-state index < -0.39 is 6.10 Å². The minimum absolute atomic E-state index is 0. The Hall–Kier alpha value is -1.22. The number of nitrogens with zero attached hydrogens (tertiary/aromatic N) is 2. The Kier molecular flexibility index (Phi) is 8.88. The highest BCUT2D eigenvalue weighted by Crippen LogP contribution is 2.29. The van der Waals surface area contributed by atoms with Gasteiger partial charge in [0, 0.05) is 49.2 Å². The average molecular weight is 459 g/mol. The molecule has 0 aromatic carbocycles. The van der Waals surface area contributed by atoms with Crippen molar-refractivity contribution in [2.45, 2.75) is 45.0 Å². The SMILES string of the molecule is CCc1ccc(CN2CCc3c(C(=O)N[C@@H]4CNC[C@H]4O)csc3C2)nc1.Cl.Cl. The standard InChI is InChI=1S/C20H26N4O2S.2ClH/c1-2-13-3-4-14(22-7-13)10-24-6-5-15-16(12-27-19(15)11-24)20(26)23-17-8-21-9-18(17)25;;/h3-4,7,12,17-18,21,25H,2,5-6,8-11H2,1H3,(H,23,26);2*1H/t17-,18-;;/m1../s1. The van der Waals surface area contributed by atoms with Crippen LogP contribution < -0.4 is 10.6 Å². The van der Waals surface area contributed by atoms with Gasteiger partial charge in [0.1, 0.15) is 0 Å². The summed E-state index contributed by atoms with van der Waals surface area (Å²) in [6.07, 6.45) is 3.34. The van der Waals surface area contributed by atoms with Gasteiger partial charge in [0.25, 0.3) is 5.91 Å². The summed E-state index contributed by atoms with van der Waals surface area (Å²) in [5.74, 6) is -0.0643. The number of aromatic nitrogens is 1. The van der Waals surface area contributed by atoms with Crippen molar-refractivity contribution < 1.29 is 9.90 Å². The Morgan fingerprint density at radius 1 is 1.38 bits per heavy atom. The second-order valence-electron chi connectivity index (χ2n) is 7.33. The number of rotatable bonds is 5. The van der Waals surface area contributed by atoms with E-state index in [9.17, 15) is 9.90 Å². The van der Waals surface area contributed by atoms with Crippen molar-refractivity contribution in [1.29, 1.82) is 0 Å². The highest BCUT2D eigenvalue weighted by Gasteiger charge is 2.29. The molecule has 9 heteroatoms. The first-order valence-corrected chi connectivity index (χ1v) is 10.5. The summed E-state index contributed by atoms with van der Waals surface area (Å²) < 4.78 is 0. The summed E-state index contributed by atoms with van der Waals surface area (Å²) in [5, 5.41) is 17.9. The van der Waals surface area contributed by atoms with E-state index in [0.29, 0.717) is 13.1 Å². The van der Waals surface area contributed by atoms with Crippen molar-refractivity contribution in [3.05, 3.63) is 51.0 Å². The zero-order chi connectivity index (χ0) is 18.8. The molecule has 0 aliphatic carbocycles. The van der Waals surface area contributed by atoms with Crippen LogP contribution in [-0.2, 0) is 25.9 Å². The molecule has 0 spiro atoms. The number of nitrogens with one attached hydrogen (secondary N) is 2. The number of pyridine rings is 1. The lowest BCUT2D eigenvalue weighted by Gasteiger charge is -2.27. The van der Waals surface area contributed by atoms with E-state index in [2.05, 4.69) is 39.6 Å². The van der Waals surface area contributed by atoms with Gasteiger partial charge in [0.15, 0.2) is 0 Å². The summed E-state index contributed by atoms with van der Waals surface area (Å²) in [4.78, 5) is 20.9. The maximum atomic E-state index is 12.6. The quantitative estimate of drug-likeness (QED) is 0.639. The number of fused-ring (bicyclic) bond motifs is 1. The Bertz CT molecular complexity index is 815. The third-order valence-electron chi connectivity index (χ3n) is 5.45. The molecule has 0 radical (unpaired) electrons. The van der Waals surface area contributed by atoms with Crippen LogP contribution in [0, 0.1) is 0 Å². The number of aryl methyl sites for hydroxylation is 1. The molecular weight excluding hydrogens is 431 g/mol. The van der Waals surface area contributed by atoms with Crippen LogP contribution in [0.5, 0.6) is 0 Å². The molecule has 0 bridgehead atoms. The molecule has 2 aliphatic rings. The summed E-state index contributed by atoms with van der Waals surface area (Å²) in [6, 6.07) is 4.06. The molecule has 1 amide bonds. The van der Waals surface area contributed by atoms with Crippen molar-refractivity contribution in [3.63, 3.8) is 0 Å². The fraction of sp³-hybridized carbons (Fsp3) is 0.500. The number of aliphatic hydroxyl groups is 1. The largest absolute Gasteiger partial charge is 0.390 e. The van der Waals surface area contributed by atoms with Crippen LogP contribution in [0.15, 0.2) is 23.7 Å². The van der Waals surface area contributed by atoms with Crippen LogP contribution in [0.25, 0.3) is 0 Å². The highest BCUT2D eigenvalue weighted by atomic mass is 35.5. The number of hydrogen-bond acceptors (Lipinski definition) is 6. The molecule has 29 heavy (non-hydrogen) atoms. The van der Waals surface area contributed by atoms with E-state index in [1.54, 1.807) is 11.3 Å². The van der Waals surface area contributed by atoms with Gasteiger partial charge in [-0.25, -0.2) is 0 Å². The maximum Gasteiger partial charge on any atom is 0.252 e. The van der Waals surface area contributed by atoms with Crippen LogP contribution in [0.1, 0.15) is 39.0 Å². The van der Waals surface area contributed by atoms with Crippen LogP contribution in [-0.4, -0.2) is 52.7 Å². The first-order valence-electron chi connectivity index (χ1n) is 9.59. The van der Waals surface area contributed by atoms with Crippen molar-refractivity contribution in [3.8, 4) is 0 Å². The number of β-amino-alcohol motifs (C(OH)–C–C–N with tert-alkyl or cyclic N) is 1. The molecule has 160 valence electrons. The summed E-state index contributed by atoms with van der Waals surface area (Å²) in [5.41, 5.74) is 4.30. The third kappa shape index (κ3) is 5.48. The number of thiophene rings is 1. The van der Waals surface area contributed by atoms with Gasteiger partial charge in [0.05, 0.1) is 23.4 Å². The second kappa shape index (κ2) is 10.7. The van der Waals surface area contributed by atoms with Crippen LogP contribution in [0.2, 0.25) is 0 Å². The van der Waals surface area contributed by atoms with Crippen molar-refractivity contribution in [1.82, 2.24) is 20.5 Å². The Morgan fingerprint density at radius 2 is 2.21 bits per heavy atom. The molecule has 2 aliphatic heterocycles. The summed E-state index contributed by atoms with van der Waals surface area (Å²) in [7, 11) is 0. The summed E-state index contributed by atoms with van der Waals surface area (Å²) >= 11 is 1.66. The van der Waals surface area contributed by atoms with E-state index in [0.717, 1.165) is 43.7 Å². The number of hydrogen-bond donors (Lipinski definition) is 3. The van der Waals surface area contributed by atoms with Gasteiger partial charge < -0.3 is 15.7 Å². The minimum Gasteiger partial charge on any atom is -0.390 e. The normalized spacial score (nSPS) is 21.0. The predicted molar refractivity (Wildman–Crippen MR) is 120 cm³/mol. The lowest BCUT2D eigenvalue weighted by Crippen LogP contribution is -2.43. The number of amides is 1. The molecule has 0 unspecified atom stereocenters. The lowest BCUT2D eigenvalue weighted by atomic mass is 10.0. The van der Waals surface area contributed by atoms with E-state index in [-0.39, 0.29) is 36.8 Å². The molecule has 2 atom stereocenters. The average Bonchev–Trinajstić information content (AvgIpc) is 3.28. The number of carbonyl (C=O) groups excluding carboxylic acids is 1. The zero-order valence-electron chi connectivity index (χ0n) is 16.4. The zero-order valence-corrected chi connectivity index (χ0v) is 18.8. The van der Waals surface area contributed by atoms with Crippen molar-refractivity contribution in [2.75, 3.05) is 19.6 Å². The Balaban J connectivity index is 0.00000150. The van der Waals surface area contributed by atoms with Gasteiger partial charge in [0.2, 0.25) is 0 Å². The predicted octanol–water partition coefficient (Wildman–Crippen LogP) is 2.17. The molecule has 1 saturated heterocycles. The van der Waals surface area contributed by atoms with Gasteiger partial charge in [-0.3, -0.25) is 14.7 Å². The first-order chi connectivity index (χ1) is 13.1. The van der Waals surface area contributed by atoms with E-state index >= 15 is 0 Å². The highest BCUT2D eigenvalue weighted by molar-refractivity contribution is 7.10. The Morgan fingerprint density at radius 3 is 2.86 bits per heavy atom. The van der Waals surface area contributed by atoms with Gasteiger partial charge in [-0.15, -0.1) is 36.2 Å². The molecule has 3 N–H and O–H groups in total. The monoisotopic (exact) mass is 458 g/mol. The van der Waals surface area contributed by atoms with Crippen molar-refractivity contribution >= 4 is 42.1 Å². The number of aliphatic hydroxyl groups excluding tert-OH is 1. The fourth-order valence-electron chi connectivity index (χ4n) is 3.75. The minimum atomic E-state index is -0.509. The van der Waals surface area contributed by atoms with Gasteiger partial charge in [-0.1, -0.05) is 13.0 Å². The second-order valence-corrected chi connectivity index (χ2v) is 8.29. The van der Waals surface area contributed by atoms with E-state index in [1.807, 2.05) is 11.6 Å². The molecule has 4 heterocycles. The van der Waals surface area contributed by atoms with Crippen LogP contribution >= 0.6 is 36.2 Å². The van der Waals surface area contributed by atoms with Gasteiger partial charge >= 0.3 is 0 Å². The number of halogens is 2. The van der Waals surface area contributed by atoms with Crippen molar-refractivity contribution in [2.24, 2.45) is 0 Å². The molecule has 1 fully saturated rings. The third-order valence-corrected chi connectivity index (χ3v) is 6.46. The molecule has 4 rings (SSSR count). The van der Waals surface area contributed by atoms with Gasteiger partial charge in [-0.2, -0.15) is 0 Å². The molecule has 0 saturated carbocycles. The topological polar surface area (TPSA) is 77.5 Å². The smallest absolute Gasteiger partial charge is 0.252 e.